The van der Waals surface area contributed by atoms with Crippen LogP contribution in [-0.2, 0) is 4.79 Å². The fourth-order valence-electron chi connectivity index (χ4n) is 4.63. The Kier molecular flexibility index (Phi) is 3.14. The Morgan fingerprint density at radius 2 is 2.00 bits per heavy atom. The van der Waals surface area contributed by atoms with E-state index in [9.17, 15) is 9.90 Å². The summed E-state index contributed by atoms with van der Waals surface area (Å²) in [7, 11) is 0. The summed E-state index contributed by atoms with van der Waals surface area (Å²) in [6.45, 7) is 0.702. The fourth-order valence-corrected chi connectivity index (χ4v) is 4.63. The molecule has 2 fully saturated rings. The number of benzene rings is 1. The maximum absolute atomic E-state index is 11.6. The van der Waals surface area contributed by atoms with Gasteiger partial charge < -0.3 is 15.2 Å². The lowest BCUT2D eigenvalue weighted by Crippen LogP contribution is -2.46. The summed E-state index contributed by atoms with van der Waals surface area (Å²) in [5.74, 6) is 1.02. The summed E-state index contributed by atoms with van der Waals surface area (Å²) in [6, 6.07) is 8.45. The molecule has 2 saturated carbocycles. The smallest absolute Gasteiger partial charge is 0.308 e. The van der Waals surface area contributed by atoms with Gasteiger partial charge in [0.15, 0.2) is 0 Å². The van der Waals surface area contributed by atoms with E-state index in [-0.39, 0.29) is 18.0 Å². The predicted octanol–water partition coefficient (Wildman–Crippen LogP) is 2.60. The van der Waals surface area contributed by atoms with Crippen molar-refractivity contribution in [1.29, 1.82) is 0 Å². The zero-order chi connectivity index (χ0) is 14.4. The molecule has 0 amide bonds. The predicted molar refractivity (Wildman–Crippen MR) is 78.2 cm³/mol. The molecule has 0 saturated heterocycles. The van der Waals surface area contributed by atoms with Crippen LogP contribution in [0.5, 0.6) is 5.75 Å². The van der Waals surface area contributed by atoms with Gasteiger partial charge in [0.1, 0.15) is 5.75 Å². The number of carboxylic acids is 1. The van der Waals surface area contributed by atoms with Gasteiger partial charge >= 0.3 is 5.97 Å². The van der Waals surface area contributed by atoms with Crippen LogP contribution in [0.4, 0.5) is 0 Å². The Labute approximate surface area is 124 Å². The maximum Gasteiger partial charge on any atom is 0.308 e. The molecule has 21 heavy (non-hydrogen) atoms. The van der Waals surface area contributed by atoms with Crippen LogP contribution in [0.15, 0.2) is 24.3 Å². The van der Waals surface area contributed by atoms with Crippen LogP contribution in [0, 0.1) is 17.8 Å². The monoisotopic (exact) mass is 287 g/mol. The maximum atomic E-state index is 11.6. The van der Waals surface area contributed by atoms with Crippen LogP contribution in [0.25, 0.3) is 0 Å². The third-order valence-electron chi connectivity index (χ3n) is 5.55. The van der Waals surface area contributed by atoms with E-state index in [1.165, 1.54) is 12.0 Å². The molecule has 1 aromatic carbocycles. The summed E-state index contributed by atoms with van der Waals surface area (Å²) in [6.07, 6.45) is 4.26. The van der Waals surface area contributed by atoms with Gasteiger partial charge in [-0.3, -0.25) is 4.79 Å². The number of nitrogens with one attached hydrogen (secondary N) is 1. The van der Waals surface area contributed by atoms with Gasteiger partial charge in [0.2, 0.25) is 0 Å². The van der Waals surface area contributed by atoms with Gasteiger partial charge in [0.25, 0.3) is 0 Å². The highest BCUT2D eigenvalue weighted by molar-refractivity contribution is 5.72. The lowest BCUT2D eigenvalue weighted by molar-refractivity contribution is -0.144. The SMILES string of the molecule is O=C(O)C1C2CCC(C2)C1NC1CCOc2ccccc21. The van der Waals surface area contributed by atoms with Crippen molar-refractivity contribution in [3.05, 3.63) is 29.8 Å². The summed E-state index contributed by atoms with van der Waals surface area (Å²) < 4.78 is 5.70. The molecule has 1 aromatic rings. The molecule has 4 heteroatoms. The van der Waals surface area contributed by atoms with Crippen LogP contribution in [-0.4, -0.2) is 23.7 Å². The molecule has 0 aromatic heterocycles. The van der Waals surface area contributed by atoms with E-state index >= 15 is 0 Å². The second-order valence-corrected chi connectivity index (χ2v) is 6.62. The zero-order valence-corrected chi connectivity index (χ0v) is 12.0. The van der Waals surface area contributed by atoms with E-state index in [4.69, 9.17) is 4.74 Å². The second-order valence-electron chi connectivity index (χ2n) is 6.62. The number of fused-ring (bicyclic) bond motifs is 3. The Hall–Kier alpha value is -1.55. The van der Waals surface area contributed by atoms with Gasteiger partial charge in [0.05, 0.1) is 12.5 Å². The first-order valence-electron chi connectivity index (χ1n) is 7.94. The van der Waals surface area contributed by atoms with Crippen LogP contribution >= 0.6 is 0 Å². The minimum Gasteiger partial charge on any atom is -0.493 e. The number of para-hydroxylation sites is 1. The van der Waals surface area contributed by atoms with Crippen LogP contribution < -0.4 is 10.1 Å². The van der Waals surface area contributed by atoms with E-state index in [1.807, 2.05) is 18.2 Å². The number of carboxylic acid groups (broad SMARTS) is 1. The first kappa shape index (κ1) is 13.1. The van der Waals surface area contributed by atoms with Crippen molar-refractivity contribution in [3.8, 4) is 5.75 Å². The molecule has 2 N–H and O–H groups in total. The highest BCUT2D eigenvalue weighted by Crippen LogP contribution is 2.49. The highest BCUT2D eigenvalue weighted by atomic mass is 16.5. The first-order chi connectivity index (χ1) is 10.2. The average Bonchev–Trinajstić information content (AvgIpc) is 3.08. The zero-order valence-electron chi connectivity index (χ0n) is 12.0. The second kappa shape index (κ2) is 5.02. The van der Waals surface area contributed by atoms with E-state index in [0.717, 1.165) is 25.0 Å². The number of carbonyl (C=O) groups is 1. The average molecular weight is 287 g/mol. The number of hydrogen-bond acceptors (Lipinski definition) is 3. The van der Waals surface area contributed by atoms with Crippen molar-refractivity contribution in [1.82, 2.24) is 5.32 Å². The topological polar surface area (TPSA) is 58.6 Å². The Morgan fingerprint density at radius 3 is 2.86 bits per heavy atom. The van der Waals surface area contributed by atoms with Gasteiger partial charge in [-0.15, -0.1) is 0 Å². The number of rotatable bonds is 3. The van der Waals surface area contributed by atoms with Crippen molar-refractivity contribution < 1.29 is 14.6 Å². The summed E-state index contributed by atoms with van der Waals surface area (Å²) >= 11 is 0. The van der Waals surface area contributed by atoms with Crippen molar-refractivity contribution in [2.45, 2.75) is 37.8 Å². The molecule has 3 aliphatic rings. The molecule has 1 heterocycles. The van der Waals surface area contributed by atoms with E-state index in [2.05, 4.69) is 11.4 Å². The molecule has 2 aliphatic carbocycles. The van der Waals surface area contributed by atoms with Crippen LogP contribution in [0.2, 0.25) is 0 Å². The third kappa shape index (κ3) is 2.13. The van der Waals surface area contributed by atoms with Gasteiger partial charge in [-0.2, -0.15) is 0 Å². The van der Waals surface area contributed by atoms with Crippen LogP contribution in [0.1, 0.15) is 37.3 Å². The van der Waals surface area contributed by atoms with E-state index in [1.54, 1.807) is 0 Å². The Balaban J connectivity index is 1.58. The standard InChI is InChI=1S/C17H21NO3/c19-17(20)15-10-5-6-11(9-10)16(15)18-13-7-8-21-14-4-2-1-3-12(13)14/h1-4,10-11,13,15-16,18H,5-9H2,(H,19,20). The molecule has 5 unspecified atom stereocenters. The van der Waals surface area contributed by atoms with Gasteiger partial charge in [-0.05, 0) is 37.2 Å². The van der Waals surface area contributed by atoms with Crippen LogP contribution in [0.3, 0.4) is 0 Å². The molecule has 4 nitrogen and oxygen atoms in total. The quantitative estimate of drug-likeness (QED) is 0.897. The largest absolute Gasteiger partial charge is 0.493 e. The molecular formula is C17H21NO3. The minimum atomic E-state index is -0.625. The van der Waals surface area contributed by atoms with Gasteiger partial charge in [-0.1, -0.05) is 18.2 Å². The first-order valence-corrected chi connectivity index (χ1v) is 7.94. The normalized spacial score (nSPS) is 37.0. The minimum absolute atomic E-state index is 0.123. The molecular weight excluding hydrogens is 266 g/mol. The lowest BCUT2D eigenvalue weighted by Gasteiger charge is -2.35. The summed E-state index contributed by atoms with van der Waals surface area (Å²) in [5, 5.41) is 13.2. The molecule has 2 bridgehead atoms. The molecule has 0 radical (unpaired) electrons. The molecule has 5 atom stereocenters. The Morgan fingerprint density at radius 1 is 1.19 bits per heavy atom. The van der Waals surface area contributed by atoms with Crippen molar-refractivity contribution >= 4 is 5.97 Å². The van der Waals surface area contributed by atoms with Crippen molar-refractivity contribution in [2.24, 2.45) is 17.8 Å². The highest BCUT2D eigenvalue weighted by Gasteiger charge is 2.51. The third-order valence-corrected chi connectivity index (χ3v) is 5.55. The number of hydrogen-bond donors (Lipinski definition) is 2. The number of ether oxygens (including phenoxy) is 1. The lowest BCUT2D eigenvalue weighted by atomic mass is 9.83. The molecule has 112 valence electrons. The van der Waals surface area contributed by atoms with E-state index in [0.29, 0.717) is 18.4 Å². The van der Waals surface area contributed by atoms with Gasteiger partial charge in [0, 0.05) is 24.1 Å². The molecule has 4 rings (SSSR count). The molecule has 0 spiro atoms. The van der Waals surface area contributed by atoms with Crippen molar-refractivity contribution in [3.63, 3.8) is 0 Å². The van der Waals surface area contributed by atoms with Gasteiger partial charge in [-0.25, -0.2) is 0 Å². The fraction of sp³-hybridized carbons (Fsp3) is 0.588. The summed E-state index contributed by atoms with van der Waals surface area (Å²) in [5.41, 5.74) is 1.18. The Bertz CT molecular complexity index is 559. The van der Waals surface area contributed by atoms with E-state index < -0.39 is 5.97 Å². The molecule has 1 aliphatic heterocycles. The summed E-state index contributed by atoms with van der Waals surface area (Å²) in [4.78, 5) is 11.6. The number of aliphatic carboxylic acids is 1. The van der Waals surface area contributed by atoms with Crippen molar-refractivity contribution in [2.75, 3.05) is 6.61 Å².